The first-order chi connectivity index (χ1) is 7.79. The van der Waals surface area contributed by atoms with E-state index in [0.29, 0.717) is 6.54 Å². The van der Waals surface area contributed by atoms with Gasteiger partial charge < -0.3 is 15.4 Å². The van der Waals surface area contributed by atoms with Crippen molar-refractivity contribution in [2.24, 2.45) is 5.73 Å². The first-order valence-electron chi connectivity index (χ1n) is 5.81. The van der Waals surface area contributed by atoms with E-state index in [2.05, 4.69) is 22.9 Å². The maximum atomic E-state index is 5.63. The molecule has 16 heavy (non-hydrogen) atoms. The molecule has 1 aromatic heterocycles. The molecular weight excluding hydrogens is 202 g/mol. The van der Waals surface area contributed by atoms with E-state index in [1.807, 2.05) is 12.3 Å². The molecular formula is C12H19N3O. The zero-order chi connectivity index (χ0) is 11.4. The van der Waals surface area contributed by atoms with Crippen LogP contribution in [0.15, 0.2) is 18.3 Å². The van der Waals surface area contributed by atoms with Crippen molar-refractivity contribution in [3.63, 3.8) is 0 Å². The van der Waals surface area contributed by atoms with E-state index in [-0.39, 0.29) is 6.10 Å². The molecule has 0 aromatic carbocycles. The maximum absolute atomic E-state index is 5.63. The van der Waals surface area contributed by atoms with E-state index >= 15 is 0 Å². The van der Waals surface area contributed by atoms with Crippen molar-refractivity contribution in [2.75, 3.05) is 24.6 Å². The van der Waals surface area contributed by atoms with Gasteiger partial charge in [0.1, 0.15) is 0 Å². The van der Waals surface area contributed by atoms with Gasteiger partial charge in [0.2, 0.25) is 0 Å². The Morgan fingerprint density at radius 1 is 1.62 bits per heavy atom. The van der Waals surface area contributed by atoms with E-state index in [4.69, 9.17) is 10.5 Å². The minimum absolute atomic E-state index is 0.289. The van der Waals surface area contributed by atoms with Crippen molar-refractivity contribution in [1.82, 2.24) is 4.98 Å². The molecule has 1 atom stereocenters. The second kappa shape index (κ2) is 5.27. The summed E-state index contributed by atoms with van der Waals surface area (Å²) in [6.45, 7) is 5.44. The number of hydrogen-bond donors (Lipinski definition) is 1. The lowest BCUT2D eigenvalue weighted by Gasteiger charge is -2.24. The van der Waals surface area contributed by atoms with Crippen molar-refractivity contribution in [1.29, 1.82) is 0 Å². The van der Waals surface area contributed by atoms with Gasteiger partial charge >= 0.3 is 0 Å². The van der Waals surface area contributed by atoms with Gasteiger partial charge in [0.05, 0.1) is 11.8 Å². The number of nitrogens with two attached hydrogens (primary N) is 1. The molecule has 0 spiro atoms. The molecule has 4 heteroatoms. The fraction of sp³-hybridized carbons (Fsp3) is 0.583. The van der Waals surface area contributed by atoms with Gasteiger partial charge in [0.15, 0.2) is 0 Å². The molecule has 1 aliphatic rings. The second-order valence-corrected chi connectivity index (χ2v) is 4.19. The number of hydrogen-bond acceptors (Lipinski definition) is 4. The molecule has 1 aliphatic heterocycles. The second-order valence-electron chi connectivity index (χ2n) is 4.19. The standard InChI is InChI=1S/C12H19N3O/c1-10-9-15(5-2-6-16-10)12-3-4-14-11(7-12)8-13/h3-4,7,10H,2,5-6,8-9,13H2,1H3. The number of aromatic nitrogens is 1. The number of rotatable bonds is 2. The monoisotopic (exact) mass is 221 g/mol. The predicted octanol–water partition coefficient (Wildman–Crippen LogP) is 1.16. The number of ether oxygens (including phenoxy) is 1. The van der Waals surface area contributed by atoms with Crippen molar-refractivity contribution in [3.05, 3.63) is 24.0 Å². The summed E-state index contributed by atoms with van der Waals surface area (Å²) in [6.07, 6.45) is 3.19. The maximum Gasteiger partial charge on any atom is 0.0721 e. The molecule has 1 aromatic rings. The third-order valence-corrected chi connectivity index (χ3v) is 2.83. The molecule has 2 heterocycles. The summed E-state index contributed by atoms with van der Waals surface area (Å²) >= 11 is 0. The Kier molecular flexibility index (Phi) is 3.74. The quantitative estimate of drug-likeness (QED) is 0.814. The van der Waals surface area contributed by atoms with Crippen molar-refractivity contribution in [2.45, 2.75) is 26.0 Å². The Bertz CT molecular complexity index is 343. The minimum atomic E-state index is 0.289. The Morgan fingerprint density at radius 2 is 2.50 bits per heavy atom. The molecule has 0 radical (unpaired) electrons. The smallest absolute Gasteiger partial charge is 0.0721 e. The Labute approximate surface area is 96.4 Å². The van der Waals surface area contributed by atoms with E-state index in [1.165, 1.54) is 5.69 Å². The number of pyridine rings is 1. The van der Waals surface area contributed by atoms with Crippen molar-refractivity contribution < 1.29 is 4.74 Å². The zero-order valence-corrected chi connectivity index (χ0v) is 9.72. The SMILES string of the molecule is CC1CN(c2ccnc(CN)c2)CCCO1. The summed E-state index contributed by atoms with van der Waals surface area (Å²) in [6, 6.07) is 4.11. The highest BCUT2D eigenvalue weighted by atomic mass is 16.5. The molecule has 2 rings (SSSR count). The van der Waals surface area contributed by atoms with Crippen LogP contribution >= 0.6 is 0 Å². The van der Waals surface area contributed by atoms with E-state index < -0.39 is 0 Å². The average Bonchev–Trinajstić information content (AvgIpc) is 2.54. The van der Waals surface area contributed by atoms with Crippen LogP contribution in [-0.2, 0) is 11.3 Å². The minimum Gasteiger partial charge on any atom is -0.377 e. The molecule has 0 bridgehead atoms. The Morgan fingerprint density at radius 3 is 3.31 bits per heavy atom. The molecule has 88 valence electrons. The van der Waals surface area contributed by atoms with Gasteiger partial charge in [0, 0.05) is 38.1 Å². The van der Waals surface area contributed by atoms with Crippen LogP contribution in [0.2, 0.25) is 0 Å². The highest BCUT2D eigenvalue weighted by Gasteiger charge is 2.15. The van der Waals surface area contributed by atoms with Crippen LogP contribution < -0.4 is 10.6 Å². The van der Waals surface area contributed by atoms with E-state index in [0.717, 1.165) is 31.8 Å². The lowest BCUT2D eigenvalue weighted by molar-refractivity contribution is 0.0821. The molecule has 4 nitrogen and oxygen atoms in total. The van der Waals surface area contributed by atoms with Crippen molar-refractivity contribution >= 4 is 5.69 Å². The van der Waals surface area contributed by atoms with Gasteiger partial charge in [-0.3, -0.25) is 4.98 Å². The van der Waals surface area contributed by atoms with Crippen LogP contribution in [0.1, 0.15) is 19.0 Å². The average molecular weight is 221 g/mol. The summed E-state index contributed by atoms with van der Waals surface area (Å²) in [5, 5.41) is 0. The lowest BCUT2D eigenvalue weighted by Crippen LogP contribution is -2.30. The van der Waals surface area contributed by atoms with E-state index in [1.54, 1.807) is 0 Å². The number of anilines is 1. The van der Waals surface area contributed by atoms with Gasteiger partial charge in [-0.05, 0) is 25.5 Å². The third kappa shape index (κ3) is 2.71. The summed E-state index contributed by atoms with van der Waals surface area (Å²) in [5.74, 6) is 0. The van der Waals surface area contributed by atoms with Gasteiger partial charge in [-0.2, -0.15) is 0 Å². The lowest BCUT2D eigenvalue weighted by atomic mass is 10.2. The van der Waals surface area contributed by atoms with Crippen LogP contribution in [0.4, 0.5) is 5.69 Å². The van der Waals surface area contributed by atoms with Gasteiger partial charge in [-0.25, -0.2) is 0 Å². The fourth-order valence-corrected chi connectivity index (χ4v) is 2.00. The third-order valence-electron chi connectivity index (χ3n) is 2.83. The largest absolute Gasteiger partial charge is 0.377 e. The highest BCUT2D eigenvalue weighted by molar-refractivity contribution is 5.46. The van der Waals surface area contributed by atoms with Crippen LogP contribution in [-0.4, -0.2) is 30.8 Å². The summed E-state index contributed by atoms with van der Waals surface area (Å²) in [7, 11) is 0. The molecule has 0 saturated carbocycles. The fourth-order valence-electron chi connectivity index (χ4n) is 2.00. The summed E-state index contributed by atoms with van der Waals surface area (Å²) < 4.78 is 5.63. The van der Waals surface area contributed by atoms with Gasteiger partial charge in [-0.1, -0.05) is 0 Å². The van der Waals surface area contributed by atoms with Crippen LogP contribution in [0, 0.1) is 0 Å². The Balaban J connectivity index is 2.14. The molecule has 1 saturated heterocycles. The first-order valence-corrected chi connectivity index (χ1v) is 5.81. The molecule has 0 aliphatic carbocycles. The van der Waals surface area contributed by atoms with Crippen molar-refractivity contribution in [3.8, 4) is 0 Å². The van der Waals surface area contributed by atoms with Crippen LogP contribution in [0.25, 0.3) is 0 Å². The van der Waals surface area contributed by atoms with Gasteiger partial charge in [0.25, 0.3) is 0 Å². The molecule has 1 unspecified atom stereocenters. The zero-order valence-electron chi connectivity index (χ0n) is 9.72. The molecule has 0 amide bonds. The molecule has 2 N–H and O–H groups in total. The predicted molar refractivity (Wildman–Crippen MR) is 64.4 cm³/mol. The first kappa shape index (κ1) is 11.4. The molecule has 1 fully saturated rings. The topological polar surface area (TPSA) is 51.4 Å². The highest BCUT2D eigenvalue weighted by Crippen LogP contribution is 2.17. The van der Waals surface area contributed by atoms with Crippen LogP contribution in [0.3, 0.4) is 0 Å². The van der Waals surface area contributed by atoms with Gasteiger partial charge in [-0.15, -0.1) is 0 Å². The summed E-state index contributed by atoms with van der Waals surface area (Å²) in [5.41, 5.74) is 7.74. The summed E-state index contributed by atoms with van der Waals surface area (Å²) in [4.78, 5) is 6.56. The normalized spacial score (nSPS) is 21.9. The number of nitrogens with zero attached hydrogens (tertiary/aromatic N) is 2. The van der Waals surface area contributed by atoms with Crippen LogP contribution in [0.5, 0.6) is 0 Å². The van der Waals surface area contributed by atoms with E-state index in [9.17, 15) is 0 Å². The Hall–Kier alpha value is -1.13.